The first-order chi connectivity index (χ1) is 9.98. The summed E-state index contributed by atoms with van der Waals surface area (Å²) in [5.74, 6) is 0.367. The molecule has 0 aliphatic carbocycles. The van der Waals surface area contributed by atoms with Gasteiger partial charge in [-0.2, -0.15) is 4.31 Å². The molecule has 1 aromatic carbocycles. The lowest BCUT2D eigenvalue weighted by atomic mass is 9.94. The van der Waals surface area contributed by atoms with Gasteiger partial charge in [0.2, 0.25) is 10.0 Å². The zero-order valence-corrected chi connectivity index (χ0v) is 12.3. The van der Waals surface area contributed by atoms with Crippen LogP contribution in [0.1, 0.15) is 12.8 Å². The maximum Gasteiger partial charge on any atom is 0.269 e. The lowest BCUT2D eigenvalue weighted by Crippen LogP contribution is -2.41. The molecule has 1 aromatic rings. The highest BCUT2D eigenvalue weighted by Gasteiger charge is 2.40. The first kappa shape index (κ1) is 14.4. The van der Waals surface area contributed by atoms with E-state index in [2.05, 4.69) is 5.32 Å². The van der Waals surface area contributed by atoms with Crippen LogP contribution in [0.5, 0.6) is 0 Å². The minimum absolute atomic E-state index is 0.106. The Morgan fingerprint density at radius 1 is 1.24 bits per heavy atom. The molecule has 7 nitrogen and oxygen atoms in total. The monoisotopic (exact) mass is 311 g/mol. The van der Waals surface area contributed by atoms with Crippen LogP contribution in [0.25, 0.3) is 0 Å². The van der Waals surface area contributed by atoms with Gasteiger partial charge in [-0.05, 0) is 37.4 Å². The summed E-state index contributed by atoms with van der Waals surface area (Å²) in [6.07, 6.45) is 2.12. The molecule has 0 saturated carbocycles. The van der Waals surface area contributed by atoms with Crippen LogP contribution in [0.3, 0.4) is 0 Å². The standard InChI is InChI=1S/C13H17N3O4S/c17-16(18)11-3-5-12(6-4-11)21(19,20)15-8-10-2-1-7-14-13(10)9-15/h3-6,10,13-14H,1-2,7-9H2/t10-,13+/m0/s1. The number of nitrogens with one attached hydrogen (secondary N) is 1. The molecule has 0 unspecified atom stereocenters. The number of hydrogen-bond donors (Lipinski definition) is 1. The van der Waals surface area contributed by atoms with Crippen molar-refractivity contribution in [3.8, 4) is 0 Å². The fraction of sp³-hybridized carbons (Fsp3) is 0.538. The second kappa shape index (κ2) is 5.36. The molecule has 21 heavy (non-hydrogen) atoms. The quantitative estimate of drug-likeness (QED) is 0.663. The molecule has 2 saturated heterocycles. The minimum Gasteiger partial charge on any atom is -0.312 e. The van der Waals surface area contributed by atoms with Gasteiger partial charge in [-0.3, -0.25) is 10.1 Å². The van der Waals surface area contributed by atoms with Crippen LogP contribution in [-0.4, -0.2) is 43.3 Å². The van der Waals surface area contributed by atoms with E-state index in [1.54, 1.807) is 0 Å². The molecule has 0 bridgehead atoms. The summed E-state index contributed by atoms with van der Waals surface area (Å²) in [5.41, 5.74) is -0.106. The van der Waals surface area contributed by atoms with Crippen molar-refractivity contribution >= 4 is 15.7 Å². The van der Waals surface area contributed by atoms with Gasteiger partial charge in [0, 0.05) is 31.3 Å². The Bertz CT molecular complexity index is 630. The molecule has 0 radical (unpaired) electrons. The van der Waals surface area contributed by atoms with Gasteiger partial charge in [0.1, 0.15) is 0 Å². The fourth-order valence-electron chi connectivity index (χ4n) is 3.09. The molecular weight excluding hydrogens is 294 g/mol. The van der Waals surface area contributed by atoms with Crippen LogP contribution < -0.4 is 5.32 Å². The molecule has 2 aliphatic rings. The molecule has 8 heteroatoms. The number of piperidine rings is 1. The summed E-state index contributed by atoms with van der Waals surface area (Å²) in [4.78, 5) is 10.2. The largest absolute Gasteiger partial charge is 0.312 e. The molecule has 0 spiro atoms. The Labute approximate surface area is 123 Å². The summed E-state index contributed by atoms with van der Waals surface area (Å²) in [6.45, 7) is 1.94. The highest BCUT2D eigenvalue weighted by atomic mass is 32.2. The van der Waals surface area contributed by atoms with E-state index in [4.69, 9.17) is 0 Å². The highest BCUT2D eigenvalue weighted by Crippen LogP contribution is 2.29. The number of nitrogens with zero attached hydrogens (tertiary/aromatic N) is 2. The van der Waals surface area contributed by atoms with Crippen LogP contribution in [0, 0.1) is 16.0 Å². The third-order valence-corrected chi connectivity index (χ3v) is 6.10. The van der Waals surface area contributed by atoms with Crippen molar-refractivity contribution in [1.82, 2.24) is 9.62 Å². The summed E-state index contributed by atoms with van der Waals surface area (Å²) < 4.78 is 26.7. The van der Waals surface area contributed by atoms with Crippen molar-refractivity contribution in [1.29, 1.82) is 0 Å². The summed E-state index contributed by atoms with van der Waals surface area (Å²) in [6, 6.07) is 5.31. The van der Waals surface area contributed by atoms with Gasteiger partial charge < -0.3 is 5.32 Å². The first-order valence-corrected chi connectivity index (χ1v) is 8.40. The van der Waals surface area contributed by atoms with E-state index in [1.807, 2.05) is 0 Å². The lowest BCUT2D eigenvalue weighted by molar-refractivity contribution is -0.384. The molecule has 0 aromatic heterocycles. The fourth-order valence-corrected chi connectivity index (χ4v) is 4.62. The van der Waals surface area contributed by atoms with Crippen molar-refractivity contribution < 1.29 is 13.3 Å². The molecule has 1 N–H and O–H groups in total. The Kier molecular flexibility index (Phi) is 3.68. The van der Waals surface area contributed by atoms with Gasteiger partial charge in [-0.15, -0.1) is 0 Å². The molecule has 2 atom stereocenters. The van der Waals surface area contributed by atoms with E-state index in [0.717, 1.165) is 19.4 Å². The summed E-state index contributed by atoms with van der Waals surface area (Å²) in [5, 5.41) is 14.0. The van der Waals surface area contributed by atoms with Crippen molar-refractivity contribution in [2.24, 2.45) is 5.92 Å². The van der Waals surface area contributed by atoms with E-state index < -0.39 is 14.9 Å². The Balaban J connectivity index is 1.82. The van der Waals surface area contributed by atoms with Gasteiger partial charge in [-0.1, -0.05) is 0 Å². The minimum atomic E-state index is -3.57. The maximum atomic E-state index is 12.6. The molecule has 2 aliphatic heterocycles. The van der Waals surface area contributed by atoms with Gasteiger partial charge in [0.15, 0.2) is 0 Å². The van der Waals surface area contributed by atoms with E-state index in [0.29, 0.717) is 19.0 Å². The predicted molar refractivity (Wildman–Crippen MR) is 76.4 cm³/mol. The molecule has 0 amide bonds. The average molecular weight is 311 g/mol. The van der Waals surface area contributed by atoms with Gasteiger partial charge >= 0.3 is 0 Å². The van der Waals surface area contributed by atoms with Gasteiger partial charge in [-0.25, -0.2) is 8.42 Å². The zero-order valence-electron chi connectivity index (χ0n) is 11.4. The molecule has 2 heterocycles. The number of nitro groups is 1. The Morgan fingerprint density at radius 3 is 2.57 bits per heavy atom. The van der Waals surface area contributed by atoms with Gasteiger partial charge in [0.05, 0.1) is 9.82 Å². The topological polar surface area (TPSA) is 92.5 Å². The van der Waals surface area contributed by atoms with Crippen molar-refractivity contribution in [2.45, 2.75) is 23.8 Å². The van der Waals surface area contributed by atoms with Crippen molar-refractivity contribution in [2.75, 3.05) is 19.6 Å². The number of non-ortho nitro benzene ring substituents is 1. The molecule has 3 rings (SSSR count). The Morgan fingerprint density at radius 2 is 1.95 bits per heavy atom. The smallest absolute Gasteiger partial charge is 0.269 e. The average Bonchev–Trinajstić information content (AvgIpc) is 2.92. The number of sulfonamides is 1. The molecule has 114 valence electrons. The highest BCUT2D eigenvalue weighted by molar-refractivity contribution is 7.89. The number of benzene rings is 1. The second-order valence-electron chi connectivity index (χ2n) is 5.54. The van der Waals surface area contributed by atoms with Crippen LogP contribution >= 0.6 is 0 Å². The van der Waals surface area contributed by atoms with Crippen molar-refractivity contribution in [3.05, 3.63) is 34.4 Å². The molecular formula is C13H17N3O4S. The number of fused-ring (bicyclic) bond motifs is 1. The predicted octanol–water partition coefficient (Wildman–Crippen LogP) is 0.967. The van der Waals surface area contributed by atoms with E-state index in [-0.39, 0.29) is 16.6 Å². The third kappa shape index (κ3) is 2.66. The van der Waals surface area contributed by atoms with E-state index in [9.17, 15) is 18.5 Å². The van der Waals surface area contributed by atoms with E-state index in [1.165, 1.54) is 28.6 Å². The summed E-state index contributed by atoms with van der Waals surface area (Å²) >= 11 is 0. The first-order valence-electron chi connectivity index (χ1n) is 6.96. The normalized spacial score (nSPS) is 26.5. The van der Waals surface area contributed by atoms with Crippen LogP contribution in [-0.2, 0) is 10.0 Å². The Hall–Kier alpha value is -1.51. The maximum absolute atomic E-state index is 12.6. The number of nitro benzene ring substituents is 1. The number of hydrogen-bond acceptors (Lipinski definition) is 5. The summed E-state index contributed by atoms with van der Waals surface area (Å²) in [7, 11) is -3.57. The third-order valence-electron chi connectivity index (χ3n) is 4.25. The number of rotatable bonds is 3. The van der Waals surface area contributed by atoms with Crippen LogP contribution in [0.15, 0.2) is 29.2 Å². The van der Waals surface area contributed by atoms with Gasteiger partial charge in [0.25, 0.3) is 5.69 Å². The zero-order chi connectivity index (χ0) is 15.0. The second-order valence-corrected chi connectivity index (χ2v) is 7.47. The molecule has 2 fully saturated rings. The van der Waals surface area contributed by atoms with Crippen molar-refractivity contribution in [3.63, 3.8) is 0 Å². The van der Waals surface area contributed by atoms with Crippen LogP contribution in [0.4, 0.5) is 5.69 Å². The lowest BCUT2D eigenvalue weighted by Gasteiger charge is -2.24. The van der Waals surface area contributed by atoms with E-state index >= 15 is 0 Å². The SMILES string of the molecule is O=[N+]([O-])c1ccc(S(=O)(=O)N2C[C@@H]3CCCN[C@@H]3C2)cc1. The van der Waals surface area contributed by atoms with Crippen LogP contribution in [0.2, 0.25) is 0 Å².